The van der Waals surface area contributed by atoms with Crippen molar-refractivity contribution in [2.45, 2.75) is 0 Å². The molecule has 0 atom stereocenters. The molecule has 2 heterocycles. The zero-order valence-electron chi connectivity index (χ0n) is 15.0. The van der Waals surface area contributed by atoms with Crippen molar-refractivity contribution < 1.29 is 0 Å². The fourth-order valence-electron chi connectivity index (χ4n) is 3.15. The van der Waals surface area contributed by atoms with Crippen LogP contribution >= 0.6 is 12.2 Å². The standard InChI is InChI=1S/C21H21N5S/c27-21(24-18-9-5-2-6-10-18)26-13-11-25(12-14-26)20-15-19(22-16-23-20)17-7-3-1-4-8-17/h1-10,15-16H,11-14H2,(H,24,27). The fraction of sp³-hybridized carbons (Fsp3) is 0.190. The quantitative estimate of drug-likeness (QED) is 0.705. The van der Waals surface area contributed by atoms with Gasteiger partial charge in [-0.25, -0.2) is 9.97 Å². The monoisotopic (exact) mass is 375 g/mol. The molecule has 1 aromatic heterocycles. The van der Waals surface area contributed by atoms with Gasteiger partial charge in [-0.05, 0) is 24.4 Å². The first kappa shape index (κ1) is 17.4. The minimum Gasteiger partial charge on any atom is -0.353 e. The lowest BCUT2D eigenvalue weighted by atomic mass is 10.1. The second kappa shape index (κ2) is 8.14. The summed E-state index contributed by atoms with van der Waals surface area (Å²) in [5.41, 5.74) is 3.07. The number of piperazine rings is 1. The summed E-state index contributed by atoms with van der Waals surface area (Å²) in [5.74, 6) is 0.963. The van der Waals surface area contributed by atoms with Crippen LogP contribution in [0.5, 0.6) is 0 Å². The van der Waals surface area contributed by atoms with Gasteiger partial charge in [-0.3, -0.25) is 0 Å². The minimum atomic E-state index is 0.772. The maximum atomic E-state index is 5.57. The predicted molar refractivity (Wildman–Crippen MR) is 114 cm³/mol. The Bertz CT molecular complexity index is 893. The second-order valence-corrected chi connectivity index (χ2v) is 6.78. The molecule has 2 aromatic carbocycles. The van der Waals surface area contributed by atoms with Crippen LogP contribution in [0.25, 0.3) is 11.3 Å². The van der Waals surface area contributed by atoms with Crippen molar-refractivity contribution in [3.8, 4) is 11.3 Å². The Balaban J connectivity index is 1.39. The van der Waals surface area contributed by atoms with Gasteiger partial charge in [0.15, 0.2) is 5.11 Å². The van der Waals surface area contributed by atoms with E-state index in [1.54, 1.807) is 6.33 Å². The molecule has 1 aliphatic rings. The Labute approximate surface area is 164 Å². The van der Waals surface area contributed by atoms with Crippen LogP contribution in [0.1, 0.15) is 0 Å². The van der Waals surface area contributed by atoms with Gasteiger partial charge < -0.3 is 15.1 Å². The molecule has 0 unspecified atom stereocenters. The van der Waals surface area contributed by atoms with Crippen molar-refractivity contribution >= 4 is 28.8 Å². The van der Waals surface area contributed by atoms with Crippen LogP contribution in [-0.2, 0) is 0 Å². The third-order valence-corrected chi connectivity index (χ3v) is 5.00. The largest absolute Gasteiger partial charge is 0.353 e. The van der Waals surface area contributed by atoms with Gasteiger partial charge in [-0.2, -0.15) is 0 Å². The summed E-state index contributed by atoms with van der Waals surface area (Å²) in [7, 11) is 0. The molecule has 1 fully saturated rings. The molecule has 1 N–H and O–H groups in total. The second-order valence-electron chi connectivity index (χ2n) is 6.40. The van der Waals surface area contributed by atoms with Gasteiger partial charge >= 0.3 is 0 Å². The van der Waals surface area contributed by atoms with Crippen LogP contribution in [0.4, 0.5) is 11.5 Å². The molecule has 6 heteroatoms. The van der Waals surface area contributed by atoms with E-state index in [9.17, 15) is 0 Å². The van der Waals surface area contributed by atoms with Crippen LogP contribution in [0.2, 0.25) is 0 Å². The normalized spacial score (nSPS) is 14.1. The van der Waals surface area contributed by atoms with Crippen LogP contribution in [0.15, 0.2) is 73.1 Å². The molecule has 136 valence electrons. The molecule has 3 aromatic rings. The lowest BCUT2D eigenvalue weighted by Gasteiger charge is -2.36. The van der Waals surface area contributed by atoms with E-state index in [1.165, 1.54) is 0 Å². The average Bonchev–Trinajstić information content (AvgIpc) is 2.75. The molecule has 0 aliphatic carbocycles. The third kappa shape index (κ3) is 4.23. The lowest BCUT2D eigenvalue weighted by Crippen LogP contribution is -2.50. The topological polar surface area (TPSA) is 44.3 Å². The number of para-hydroxylation sites is 1. The van der Waals surface area contributed by atoms with Gasteiger partial charge in [-0.1, -0.05) is 48.5 Å². The Morgan fingerprint density at radius 2 is 1.52 bits per heavy atom. The number of hydrogen-bond acceptors (Lipinski definition) is 4. The first-order valence-corrected chi connectivity index (χ1v) is 9.44. The maximum Gasteiger partial charge on any atom is 0.173 e. The number of nitrogens with one attached hydrogen (secondary N) is 1. The van der Waals surface area contributed by atoms with Crippen LogP contribution in [0.3, 0.4) is 0 Å². The van der Waals surface area contributed by atoms with Gasteiger partial charge in [0.05, 0.1) is 5.69 Å². The number of thiocarbonyl (C=S) groups is 1. The van der Waals surface area contributed by atoms with Crippen molar-refractivity contribution in [1.82, 2.24) is 14.9 Å². The predicted octanol–water partition coefficient (Wildman–Crippen LogP) is 3.66. The Hall–Kier alpha value is -2.99. The average molecular weight is 376 g/mol. The fourth-order valence-corrected chi connectivity index (χ4v) is 3.45. The lowest BCUT2D eigenvalue weighted by molar-refractivity contribution is 0.389. The molecule has 0 radical (unpaired) electrons. The molecule has 0 bridgehead atoms. The number of nitrogens with zero attached hydrogens (tertiary/aromatic N) is 4. The van der Waals surface area contributed by atoms with Crippen LogP contribution < -0.4 is 10.2 Å². The van der Waals surface area contributed by atoms with E-state index < -0.39 is 0 Å². The highest BCUT2D eigenvalue weighted by Crippen LogP contribution is 2.21. The van der Waals surface area contributed by atoms with Crippen molar-refractivity contribution in [2.24, 2.45) is 0 Å². The van der Waals surface area contributed by atoms with Gasteiger partial charge in [0, 0.05) is 43.5 Å². The SMILES string of the molecule is S=C(Nc1ccccc1)N1CCN(c2cc(-c3ccccc3)ncn2)CC1. The minimum absolute atomic E-state index is 0.772. The number of anilines is 2. The van der Waals surface area contributed by atoms with Crippen LogP contribution in [-0.4, -0.2) is 46.2 Å². The molecule has 0 spiro atoms. The summed E-state index contributed by atoms with van der Waals surface area (Å²) in [4.78, 5) is 13.4. The Morgan fingerprint density at radius 1 is 0.852 bits per heavy atom. The first-order valence-electron chi connectivity index (χ1n) is 9.03. The summed E-state index contributed by atoms with van der Waals surface area (Å²) >= 11 is 5.57. The maximum absolute atomic E-state index is 5.57. The number of aromatic nitrogens is 2. The molecule has 5 nitrogen and oxygen atoms in total. The number of hydrogen-bond donors (Lipinski definition) is 1. The Morgan fingerprint density at radius 3 is 2.22 bits per heavy atom. The zero-order chi connectivity index (χ0) is 18.5. The van der Waals surface area contributed by atoms with Gasteiger partial charge in [0.25, 0.3) is 0 Å². The molecule has 0 saturated carbocycles. The highest BCUT2D eigenvalue weighted by Gasteiger charge is 2.20. The van der Waals surface area contributed by atoms with Crippen molar-refractivity contribution in [3.63, 3.8) is 0 Å². The van der Waals surface area contributed by atoms with Crippen LogP contribution in [0, 0.1) is 0 Å². The highest BCUT2D eigenvalue weighted by molar-refractivity contribution is 7.80. The summed E-state index contributed by atoms with van der Waals surface area (Å²) in [6.07, 6.45) is 1.64. The van der Waals surface area contributed by atoms with E-state index in [4.69, 9.17) is 12.2 Å². The molecule has 1 aliphatic heterocycles. The Kier molecular flexibility index (Phi) is 5.25. The zero-order valence-corrected chi connectivity index (χ0v) is 15.8. The molecule has 4 rings (SSSR count). The molecule has 27 heavy (non-hydrogen) atoms. The van der Waals surface area contributed by atoms with E-state index in [2.05, 4.69) is 43.3 Å². The van der Waals surface area contributed by atoms with Crippen molar-refractivity contribution in [1.29, 1.82) is 0 Å². The van der Waals surface area contributed by atoms with Gasteiger partial charge in [-0.15, -0.1) is 0 Å². The summed E-state index contributed by atoms with van der Waals surface area (Å²) < 4.78 is 0. The smallest absolute Gasteiger partial charge is 0.173 e. The van der Waals surface area contributed by atoms with Gasteiger partial charge in [0.1, 0.15) is 12.1 Å². The first-order chi connectivity index (χ1) is 13.3. The van der Waals surface area contributed by atoms with Crippen molar-refractivity contribution in [2.75, 3.05) is 36.4 Å². The highest BCUT2D eigenvalue weighted by atomic mass is 32.1. The summed E-state index contributed by atoms with van der Waals surface area (Å²) in [5, 5.41) is 4.08. The van der Waals surface area contributed by atoms with E-state index in [-0.39, 0.29) is 0 Å². The summed E-state index contributed by atoms with van der Waals surface area (Å²) in [6.45, 7) is 3.48. The molecule has 0 amide bonds. The van der Waals surface area contributed by atoms with Crippen molar-refractivity contribution in [3.05, 3.63) is 73.1 Å². The van der Waals surface area contributed by atoms with Gasteiger partial charge in [0.2, 0.25) is 0 Å². The molecule has 1 saturated heterocycles. The van der Waals surface area contributed by atoms with E-state index in [1.807, 2.05) is 48.5 Å². The molecular formula is C21H21N5S. The number of benzene rings is 2. The third-order valence-electron chi connectivity index (χ3n) is 4.64. The summed E-state index contributed by atoms with van der Waals surface area (Å²) in [6, 6.07) is 22.3. The van der Waals surface area contributed by atoms with E-state index in [0.29, 0.717) is 0 Å². The van der Waals surface area contributed by atoms with E-state index in [0.717, 1.165) is 54.1 Å². The molecular weight excluding hydrogens is 354 g/mol. The number of rotatable bonds is 3. The van der Waals surface area contributed by atoms with E-state index >= 15 is 0 Å².